The lowest BCUT2D eigenvalue weighted by Crippen LogP contribution is -2.11. The van der Waals surface area contributed by atoms with Crippen LogP contribution in [0.15, 0.2) is 24.3 Å². The monoisotopic (exact) mass is 240 g/mol. The lowest BCUT2D eigenvalue weighted by molar-refractivity contribution is 0.233. The van der Waals surface area contributed by atoms with Gasteiger partial charge >= 0.3 is 0 Å². The van der Waals surface area contributed by atoms with Crippen LogP contribution in [0.4, 0.5) is 0 Å². The van der Waals surface area contributed by atoms with Crippen molar-refractivity contribution < 1.29 is 4.74 Å². The van der Waals surface area contributed by atoms with Gasteiger partial charge in [0.2, 0.25) is 0 Å². The summed E-state index contributed by atoms with van der Waals surface area (Å²) in [5.74, 6) is 1.54. The van der Waals surface area contributed by atoms with Gasteiger partial charge < -0.3 is 4.74 Å². The van der Waals surface area contributed by atoms with Crippen molar-refractivity contribution >= 4 is 11.6 Å². The summed E-state index contributed by atoms with van der Waals surface area (Å²) in [6.45, 7) is 5.25. The minimum Gasteiger partial charge on any atom is -0.493 e. The van der Waals surface area contributed by atoms with Gasteiger partial charge in [0.25, 0.3) is 0 Å². The number of hydrogen-bond acceptors (Lipinski definition) is 1. The maximum absolute atomic E-state index is 5.90. The van der Waals surface area contributed by atoms with Gasteiger partial charge in [0, 0.05) is 5.02 Å². The molecule has 0 spiro atoms. The maximum atomic E-state index is 5.90. The van der Waals surface area contributed by atoms with Gasteiger partial charge in [-0.05, 0) is 30.5 Å². The zero-order valence-electron chi connectivity index (χ0n) is 10.2. The Bertz CT molecular complexity index is 299. The Morgan fingerprint density at radius 2 is 2.12 bits per heavy atom. The molecule has 1 nitrogen and oxygen atoms in total. The van der Waals surface area contributed by atoms with E-state index in [2.05, 4.69) is 13.8 Å². The third-order valence-electron chi connectivity index (χ3n) is 2.83. The van der Waals surface area contributed by atoms with Crippen LogP contribution in [0.3, 0.4) is 0 Å². The topological polar surface area (TPSA) is 9.23 Å². The van der Waals surface area contributed by atoms with Gasteiger partial charge in [0.15, 0.2) is 0 Å². The Hall–Kier alpha value is -0.690. The summed E-state index contributed by atoms with van der Waals surface area (Å²) in [7, 11) is 0. The highest BCUT2D eigenvalue weighted by Gasteiger charge is 2.06. The Kier molecular flexibility index (Phi) is 6.32. The van der Waals surface area contributed by atoms with Crippen molar-refractivity contribution in [1.29, 1.82) is 0 Å². The van der Waals surface area contributed by atoms with Crippen molar-refractivity contribution in [2.45, 2.75) is 39.5 Å². The predicted octanol–water partition coefficient (Wildman–Crippen LogP) is 4.94. The van der Waals surface area contributed by atoms with Crippen molar-refractivity contribution in [2.75, 3.05) is 6.61 Å². The molecule has 1 rings (SSSR count). The van der Waals surface area contributed by atoms with Crippen LogP contribution in [0.5, 0.6) is 5.75 Å². The summed E-state index contributed by atoms with van der Waals surface area (Å²) < 4.78 is 5.75. The number of unbranched alkanes of at least 4 members (excludes halogenated alkanes) is 1. The molecule has 0 fully saturated rings. The first-order valence-electron chi connectivity index (χ1n) is 6.14. The van der Waals surface area contributed by atoms with Gasteiger partial charge in [-0.3, -0.25) is 0 Å². The SMILES string of the molecule is CCCCC(CC)COc1cccc(Cl)c1. The largest absolute Gasteiger partial charge is 0.493 e. The molecule has 0 N–H and O–H groups in total. The average molecular weight is 241 g/mol. The minimum atomic E-state index is 0.666. The van der Waals surface area contributed by atoms with E-state index in [1.165, 1.54) is 25.7 Å². The third-order valence-corrected chi connectivity index (χ3v) is 3.06. The Labute approximate surface area is 104 Å². The van der Waals surface area contributed by atoms with E-state index in [4.69, 9.17) is 16.3 Å². The van der Waals surface area contributed by atoms with Crippen LogP contribution in [-0.2, 0) is 0 Å². The van der Waals surface area contributed by atoms with E-state index in [9.17, 15) is 0 Å². The molecule has 1 aromatic carbocycles. The summed E-state index contributed by atoms with van der Waals surface area (Å²) in [6, 6.07) is 7.61. The van der Waals surface area contributed by atoms with E-state index in [0.29, 0.717) is 5.92 Å². The lowest BCUT2D eigenvalue weighted by Gasteiger charge is -2.15. The maximum Gasteiger partial charge on any atom is 0.120 e. The first-order chi connectivity index (χ1) is 7.76. The average Bonchev–Trinajstić information content (AvgIpc) is 2.29. The highest BCUT2D eigenvalue weighted by Crippen LogP contribution is 2.19. The van der Waals surface area contributed by atoms with Crippen LogP contribution < -0.4 is 4.74 Å². The normalized spacial score (nSPS) is 12.4. The van der Waals surface area contributed by atoms with E-state index in [0.717, 1.165) is 17.4 Å². The van der Waals surface area contributed by atoms with Crippen LogP contribution in [0.2, 0.25) is 5.02 Å². The Morgan fingerprint density at radius 1 is 1.31 bits per heavy atom. The fraction of sp³-hybridized carbons (Fsp3) is 0.571. The summed E-state index contributed by atoms with van der Waals surface area (Å²) in [5, 5.41) is 0.735. The molecule has 1 aromatic rings. The number of halogens is 1. The molecule has 0 radical (unpaired) electrons. The first kappa shape index (κ1) is 13.4. The fourth-order valence-electron chi connectivity index (χ4n) is 1.67. The second kappa shape index (κ2) is 7.56. The van der Waals surface area contributed by atoms with Crippen LogP contribution in [0, 0.1) is 5.92 Å². The van der Waals surface area contributed by atoms with Crippen molar-refractivity contribution in [2.24, 2.45) is 5.92 Å². The first-order valence-corrected chi connectivity index (χ1v) is 6.52. The lowest BCUT2D eigenvalue weighted by atomic mass is 10.0. The number of rotatable bonds is 7. The zero-order valence-corrected chi connectivity index (χ0v) is 11.0. The molecule has 90 valence electrons. The second-order valence-corrected chi connectivity index (χ2v) is 4.62. The van der Waals surface area contributed by atoms with Gasteiger partial charge in [-0.15, -0.1) is 0 Å². The molecule has 0 aliphatic rings. The van der Waals surface area contributed by atoms with E-state index < -0.39 is 0 Å². The number of ether oxygens (including phenoxy) is 1. The molecule has 0 saturated carbocycles. The molecule has 0 bridgehead atoms. The van der Waals surface area contributed by atoms with Gasteiger partial charge in [-0.25, -0.2) is 0 Å². The number of benzene rings is 1. The molecule has 1 unspecified atom stereocenters. The van der Waals surface area contributed by atoms with E-state index in [1.807, 2.05) is 24.3 Å². The summed E-state index contributed by atoms with van der Waals surface area (Å²) in [5.41, 5.74) is 0. The zero-order chi connectivity index (χ0) is 11.8. The molecular weight excluding hydrogens is 220 g/mol. The van der Waals surface area contributed by atoms with E-state index >= 15 is 0 Å². The molecule has 16 heavy (non-hydrogen) atoms. The van der Waals surface area contributed by atoms with Crippen molar-refractivity contribution in [1.82, 2.24) is 0 Å². The highest BCUT2D eigenvalue weighted by molar-refractivity contribution is 6.30. The van der Waals surface area contributed by atoms with Gasteiger partial charge in [0.05, 0.1) is 6.61 Å². The minimum absolute atomic E-state index is 0.666. The molecule has 0 aliphatic carbocycles. The van der Waals surface area contributed by atoms with Crippen LogP contribution in [0.1, 0.15) is 39.5 Å². The third kappa shape index (κ3) is 4.89. The summed E-state index contributed by atoms with van der Waals surface area (Å²) >= 11 is 5.90. The molecule has 0 aliphatic heterocycles. The predicted molar refractivity (Wildman–Crippen MR) is 70.3 cm³/mol. The van der Waals surface area contributed by atoms with Crippen LogP contribution >= 0.6 is 11.6 Å². The molecule has 0 saturated heterocycles. The standard InChI is InChI=1S/C14H21ClO/c1-3-5-7-12(4-2)11-16-14-9-6-8-13(15)10-14/h6,8-10,12H,3-5,7,11H2,1-2H3. The van der Waals surface area contributed by atoms with Gasteiger partial charge in [-0.1, -0.05) is 50.8 Å². The van der Waals surface area contributed by atoms with Gasteiger partial charge in [0.1, 0.15) is 5.75 Å². The van der Waals surface area contributed by atoms with E-state index in [1.54, 1.807) is 0 Å². The Balaban J connectivity index is 2.37. The van der Waals surface area contributed by atoms with Crippen molar-refractivity contribution in [3.05, 3.63) is 29.3 Å². The number of hydrogen-bond donors (Lipinski definition) is 0. The molecule has 1 atom stereocenters. The van der Waals surface area contributed by atoms with Crippen LogP contribution in [-0.4, -0.2) is 6.61 Å². The highest BCUT2D eigenvalue weighted by atomic mass is 35.5. The summed E-state index contributed by atoms with van der Waals surface area (Å²) in [6.07, 6.45) is 4.99. The van der Waals surface area contributed by atoms with Crippen molar-refractivity contribution in [3.63, 3.8) is 0 Å². The smallest absolute Gasteiger partial charge is 0.120 e. The molecule has 0 aromatic heterocycles. The fourth-order valence-corrected chi connectivity index (χ4v) is 1.85. The molecule has 0 heterocycles. The molecular formula is C14H21ClO. The van der Waals surface area contributed by atoms with Crippen LogP contribution in [0.25, 0.3) is 0 Å². The van der Waals surface area contributed by atoms with Gasteiger partial charge in [-0.2, -0.15) is 0 Å². The summed E-state index contributed by atoms with van der Waals surface area (Å²) in [4.78, 5) is 0. The molecule has 0 amide bonds. The second-order valence-electron chi connectivity index (χ2n) is 4.18. The van der Waals surface area contributed by atoms with E-state index in [-0.39, 0.29) is 0 Å². The van der Waals surface area contributed by atoms with Crippen molar-refractivity contribution in [3.8, 4) is 5.75 Å². The quantitative estimate of drug-likeness (QED) is 0.656. The Morgan fingerprint density at radius 3 is 2.75 bits per heavy atom. The molecule has 2 heteroatoms.